The number of carbonyl (C=O) groups is 2. The molecule has 3 aromatic rings. The minimum absolute atomic E-state index is 0.0520. The van der Waals surface area contributed by atoms with Crippen molar-refractivity contribution in [3.05, 3.63) is 53.0 Å². The van der Waals surface area contributed by atoms with Gasteiger partial charge in [-0.3, -0.25) is 4.98 Å². The number of pyridine rings is 1. The summed E-state index contributed by atoms with van der Waals surface area (Å²) in [5, 5.41) is 12.7. The summed E-state index contributed by atoms with van der Waals surface area (Å²) >= 11 is 0. The molecule has 7 nitrogen and oxygen atoms in total. The van der Waals surface area contributed by atoms with Crippen molar-refractivity contribution in [2.24, 2.45) is 11.7 Å². The number of aromatic nitrogens is 1. The van der Waals surface area contributed by atoms with E-state index in [2.05, 4.69) is 31.8 Å². The monoisotopic (exact) mass is 559 g/mol. The van der Waals surface area contributed by atoms with Crippen LogP contribution >= 0.6 is 0 Å². The van der Waals surface area contributed by atoms with Crippen molar-refractivity contribution in [3.8, 4) is 6.07 Å². The molecule has 220 valence electrons. The summed E-state index contributed by atoms with van der Waals surface area (Å²) in [6.07, 6.45) is 9.50. The number of nitrogens with two attached hydrogens (primary N) is 1. The van der Waals surface area contributed by atoms with Gasteiger partial charge < -0.3 is 15.2 Å². The van der Waals surface area contributed by atoms with E-state index in [1.54, 1.807) is 18.3 Å². The molecule has 0 fully saturated rings. The fraction of sp³-hybridized carbons (Fsp3) is 0.471. The number of fused-ring (bicyclic) bond motifs is 2. The highest BCUT2D eigenvalue weighted by molar-refractivity contribution is 6.20. The van der Waals surface area contributed by atoms with Crippen molar-refractivity contribution >= 4 is 44.9 Å². The van der Waals surface area contributed by atoms with Gasteiger partial charge in [0.2, 0.25) is 0 Å². The molecular weight excluding hydrogens is 514 g/mol. The molecule has 1 aromatic heterocycles. The van der Waals surface area contributed by atoms with Crippen LogP contribution in [0.1, 0.15) is 86.0 Å². The molecule has 0 bridgehead atoms. The summed E-state index contributed by atoms with van der Waals surface area (Å²) in [6.45, 7) is 10.9. The molecule has 3 rings (SSSR count). The number of nitrogens with zero attached hydrogens (tertiary/aromatic N) is 2. The number of nitriles is 1. The largest absolute Gasteiger partial charge is 0.462 e. The van der Waals surface area contributed by atoms with E-state index in [0.29, 0.717) is 38.7 Å². The van der Waals surface area contributed by atoms with Crippen molar-refractivity contribution in [3.63, 3.8) is 0 Å². The molecule has 1 heterocycles. The standard InChI is InChI=1S/C32H39N3O4.C2H6/c1-4-7-9-12-19-38-31(36)26(20-33)27-23-15-10-11-16-24(23)28(30-25(27)17-13-18-35-30)29(34)32(37)39-21-22(6-3)14-8-5-2;1-2/h10-11,13,15-18,22H,4-9,12,14,19,21,34H2,1-3H3;1-2H3/b27-26-,29-28-;. The Labute approximate surface area is 244 Å². The fourth-order valence-corrected chi connectivity index (χ4v) is 4.78. The normalized spacial score (nSPS) is 13.0. The van der Waals surface area contributed by atoms with Gasteiger partial charge in [-0.25, -0.2) is 9.59 Å². The van der Waals surface area contributed by atoms with Crippen molar-refractivity contribution in [2.45, 2.75) is 86.0 Å². The lowest BCUT2D eigenvalue weighted by atomic mass is 9.97. The molecular formula is C34H45N3O4. The molecule has 0 aliphatic carbocycles. The molecule has 7 heteroatoms. The smallest absolute Gasteiger partial charge is 0.354 e. The van der Waals surface area contributed by atoms with E-state index in [-0.39, 0.29) is 23.8 Å². The van der Waals surface area contributed by atoms with Crippen LogP contribution in [-0.2, 0) is 19.1 Å². The summed E-state index contributed by atoms with van der Waals surface area (Å²) in [5.41, 5.74) is 6.73. The summed E-state index contributed by atoms with van der Waals surface area (Å²) in [4.78, 5) is 30.8. The third-order valence-corrected chi connectivity index (χ3v) is 7.06. The highest BCUT2D eigenvalue weighted by atomic mass is 16.5. The first-order chi connectivity index (χ1) is 20.0. The SMILES string of the molecule is CC.CCCCCCOC(=O)/C(C#N)=c1/c2ccccc2/c(=C(/N)C(=O)OCC(CC)CCCC)c2ncccc12. The summed E-state index contributed by atoms with van der Waals surface area (Å²) in [5.74, 6) is -1.01. The number of carbonyl (C=O) groups excluding carboxylic acids is 2. The Hall–Kier alpha value is -3.92. The molecule has 2 N–H and O–H groups in total. The van der Waals surface area contributed by atoms with Crippen LogP contribution in [0.15, 0.2) is 42.6 Å². The number of ether oxygens (including phenoxy) is 2. The maximum absolute atomic E-state index is 13.2. The van der Waals surface area contributed by atoms with E-state index in [4.69, 9.17) is 15.2 Å². The first-order valence-electron chi connectivity index (χ1n) is 15.0. The summed E-state index contributed by atoms with van der Waals surface area (Å²) < 4.78 is 11.1. The highest BCUT2D eigenvalue weighted by Crippen LogP contribution is 2.17. The van der Waals surface area contributed by atoms with Crippen molar-refractivity contribution in [1.29, 1.82) is 5.26 Å². The van der Waals surface area contributed by atoms with E-state index in [1.807, 2.05) is 38.1 Å². The van der Waals surface area contributed by atoms with Gasteiger partial charge in [0.1, 0.15) is 17.3 Å². The van der Waals surface area contributed by atoms with Gasteiger partial charge in [0.25, 0.3) is 0 Å². The average molecular weight is 560 g/mol. The lowest BCUT2D eigenvalue weighted by Crippen LogP contribution is -2.29. The van der Waals surface area contributed by atoms with Gasteiger partial charge in [-0.15, -0.1) is 0 Å². The first-order valence-corrected chi connectivity index (χ1v) is 15.0. The minimum Gasteiger partial charge on any atom is -0.462 e. The van der Waals surface area contributed by atoms with Crippen LogP contribution < -0.4 is 16.2 Å². The zero-order chi connectivity index (χ0) is 30.2. The Morgan fingerprint density at radius 1 is 0.878 bits per heavy atom. The number of esters is 2. The fourth-order valence-electron chi connectivity index (χ4n) is 4.78. The van der Waals surface area contributed by atoms with Gasteiger partial charge in [0.05, 0.1) is 18.7 Å². The number of hydrogen-bond donors (Lipinski definition) is 1. The van der Waals surface area contributed by atoms with Gasteiger partial charge in [0, 0.05) is 22.0 Å². The minimum atomic E-state index is -0.675. The number of benzene rings is 2. The predicted octanol–water partition coefficient (Wildman–Crippen LogP) is 6.04. The van der Waals surface area contributed by atoms with Crippen molar-refractivity contribution in [2.75, 3.05) is 13.2 Å². The molecule has 2 aromatic carbocycles. The zero-order valence-corrected chi connectivity index (χ0v) is 25.3. The Morgan fingerprint density at radius 3 is 2.17 bits per heavy atom. The van der Waals surface area contributed by atoms with Crippen LogP contribution in [0.5, 0.6) is 0 Å². The summed E-state index contributed by atoms with van der Waals surface area (Å²) in [7, 11) is 0. The van der Waals surface area contributed by atoms with E-state index in [1.165, 1.54) is 0 Å². The van der Waals surface area contributed by atoms with Crippen LogP contribution in [0.3, 0.4) is 0 Å². The second-order valence-corrected chi connectivity index (χ2v) is 9.81. The molecule has 1 unspecified atom stereocenters. The van der Waals surface area contributed by atoms with Crippen LogP contribution in [0.4, 0.5) is 0 Å². The Kier molecular flexibility index (Phi) is 14.4. The molecule has 0 saturated heterocycles. The molecule has 0 aliphatic heterocycles. The van der Waals surface area contributed by atoms with E-state index >= 15 is 0 Å². The molecule has 1 atom stereocenters. The van der Waals surface area contributed by atoms with Gasteiger partial charge in [-0.1, -0.05) is 103 Å². The molecule has 0 amide bonds. The predicted molar refractivity (Wildman–Crippen MR) is 166 cm³/mol. The third kappa shape index (κ3) is 8.53. The van der Waals surface area contributed by atoms with Crippen molar-refractivity contribution in [1.82, 2.24) is 4.98 Å². The number of rotatable bonds is 13. The van der Waals surface area contributed by atoms with E-state index < -0.39 is 11.9 Å². The molecule has 0 aliphatic rings. The Balaban J connectivity index is 0.00000287. The van der Waals surface area contributed by atoms with E-state index in [9.17, 15) is 14.9 Å². The lowest BCUT2D eigenvalue weighted by molar-refractivity contribution is -0.138. The van der Waals surface area contributed by atoms with Crippen LogP contribution in [0.2, 0.25) is 0 Å². The molecule has 0 spiro atoms. The van der Waals surface area contributed by atoms with Crippen LogP contribution in [0.25, 0.3) is 32.9 Å². The maximum atomic E-state index is 13.2. The zero-order valence-electron chi connectivity index (χ0n) is 25.3. The quantitative estimate of drug-likeness (QED) is 0.154. The maximum Gasteiger partial charge on any atom is 0.354 e. The van der Waals surface area contributed by atoms with Gasteiger partial charge in [0.15, 0.2) is 0 Å². The second-order valence-electron chi connectivity index (χ2n) is 9.81. The third-order valence-electron chi connectivity index (χ3n) is 7.06. The van der Waals surface area contributed by atoms with Crippen LogP contribution in [-0.4, -0.2) is 30.1 Å². The average Bonchev–Trinajstić information content (AvgIpc) is 3.01. The highest BCUT2D eigenvalue weighted by Gasteiger charge is 2.20. The van der Waals surface area contributed by atoms with Gasteiger partial charge in [-0.05, 0) is 35.6 Å². The number of unbranched alkanes of at least 4 members (excludes halogenated alkanes) is 4. The topological polar surface area (TPSA) is 115 Å². The second kappa shape index (κ2) is 17.7. The Bertz CT molecular complexity index is 1410. The molecule has 0 radical (unpaired) electrons. The first kappa shape index (κ1) is 33.3. The van der Waals surface area contributed by atoms with Gasteiger partial charge in [-0.2, -0.15) is 5.26 Å². The van der Waals surface area contributed by atoms with Crippen molar-refractivity contribution < 1.29 is 19.1 Å². The lowest BCUT2D eigenvalue weighted by Gasteiger charge is -2.15. The van der Waals surface area contributed by atoms with E-state index in [0.717, 1.165) is 51.4 Å². The number of hydrogen-bond acceptors (Lipinski definition) is 7. The van der Waals surface area contributed by atoms with Crippen LogP contribution in [0, 0.1) is 17.2 Å². The van der Waals surface area contributed by atoms with Gasteiger partial charge >= 0.3 is 11.9 Å². The molecule has 41 heavy (non-hydrogen) atoms. The Morgan fingerprint density at radius 2 is 1.54 bits per heavy atom. The summed E-state index contributed by atoms with van der Waals surface area (Å²) in [6, 6.07) is 12.8. The molecule has 0 saturated carbocycles.